The molecular formula is C25H30N6OS. The lowest BCUT2D eigenvalue weighted by molar-refractivity contribution is 0.0365. The van der Waals surface area contributed by atoms with E-state index in [1.54, 1.807) is 0 Å². The number of morpholine rings is 1. The van der Waals surface area contributed by atoms with Gasteiger partial charge in [-0.15, -0.1) is 0 Å². The third kappa shape index (κ3) is 4.64. The molecule has 0 saturated carbocycles. The molecule has 8 heteroatoms. The van der Waals surface area contributed by atoms with E-state index in [9.17, 15) is 0 Å². The van der Waals surface area contributed by atoms with E-state index in [1.807, 2.05) is 36.8 Å². The zero-order valence-electron chi connectivity index (χ0n) is 18.9. The predicted octanol–water partition coefficient (Wildman–Crippen LogP) is 3.27. The molecule has 7 nitrogen and oxygen atoms in total. The summed E-state index contributed by atoms with van der Waals surface area (Å²) in [6, 6.07) is 14.5. The number of pyridine rings is 2. The topological polar surface area (TPSA) is 58.5 Å². The highest BCUT2D eigenvalue weighted by Crippen LogP contribution is 2.40. The minimum atomic E-state index is -0.0215. The van der Waals surface area contributed by atoms with E-state index < -0.39 is 0 Å². The summed E-state index contributed by atoms with van der Waals surface area (Å²) in [5.41, 5.74) is 4.41. The minimum absolute atomic E-state index is 0.0215. The summed E-state index contributed by atoms with van der Waals surface area (Å²) in [5.74, 6) is 0. The van der Waals surface area contributed by atoms with Gasteiger partial charge in [-0.2, -0.15) is 0 Å². The molecule has 33 heavy (non-hydrogen) atoms. The van der Waals surface area contributed by atoms with Gasteiger partial charge in [-0.25, -0.2) is 0 Å². The molecule has 1 N–H and O–H groups in total. The molecule has 172 valence electrons. The van der Waals surface area contributed by atoms with Crippen LogP contribution in [0, 0.1) is 6.92 Å². The van der Waals surface area contributed by atoms with Crippen LogP contribution >= 0.6 is 12.2 Å². The molecule has 3 aromatic rings. The first-order valence-electron chi connectivity index (χ1n) is 11.6. The predicted molar refractivity (Wildman–Crippen MR) is 132 cm³/mol. The normalized spacial score (nSPS) is 21.4. The number of ether oxygens (including phenoxy) is 1. The van der Waals surface area contributed by atoms with Gasteiger partial charge in [0.1, 0.15) is 0 Å². The van der Waals surface area contributed by atoms with Crippen LogP contribution in [0.3, 0.4) is 0 Å². The lowest BCUT2D eigenvalue weighted by Crippen LogP contribution is -2.39. The van der Waals surface area contributed by atoms with E-state index in [2.05, 4.69) is 60.8 Å². The van der Waals surface area contributed by atoms with Crippen molar-refractivity contribution in [2.24, 2.45) is 0 Å². The first kappa shape index (κ1) is 22.0. The Bertz CT molecular complexity index is 1070. The SMILES string of the molecule is Cc1ccc([C@@H]2[C@H](c3ccccn3)NC(=S)N2CCCN2CCOCC2)n1-c1cccnc1. The molecule has 2 saturated heterocycles. The number of hydrogen-bond acceptors (Lipinski definition) is 5. The largest absolute Gasteiger partial charge is 0.379 e. The van der Waals surface area contributed by atoms with Gasteiger partial charge in [0.05, 0.1) is 42.9 Å². The quantitative estimate of drug-likeness (QED) is 0.541. The van der Waals surface area contributed by atoms with Gasteiger partial charge in [0, 0.05) is 50.0 Å². The smallest absolute Gasteiger partial charge is 0.170 e. The van der Waals surface area contributed by atoms with E-state index in [4.69, 9.17) is 17.0 Å². The zero-order valence-corrected chi connectivity index (χ0v) is 19.7. The second kappa shape index (κ2) is 9.99. The zero-order chi connectivity index (χ0) is 22.6. The summed E-state index contributed by atoms with van der Waals surface area (Å²) in [5, 5.41) is 4.36. The number of aromatic nitrogens is 3. The highest BCUT2D eigenvalue weighted by molar-refractivity contribution is 7.80. The lowest BCUT2D eigenvalue weighted by atomic mass is 10.0. The monoisotopic (exact) mass is 462 g/mol. The van der Waals surface area contributed by atoms with E-state index in [0.717, 1.165) is 62.3 Å². The van der Waals surface area contributed by atoms with Crippen molar-refractivity contribution in [2.45, 2.75) is 25.4 Å². The van der Waals surface area contributed by atoms with Gasteiger partial charge in [0.25, 0.3) is 0 Å². The standard InChI is InChI=1S/C25H30N6OS/c1-19-8-9-22(31(19)20-6-4-10-26-18-20)24-23(21-7-2-3-11-27-21)28-25(33)30(24)13-5-12-29-14-16-32-17-15-29/h2-4,6-11,18,23-24H,5,12-17H2,1H3,(H,28,33)/t23-,24+/m0/s1. The summed E-state index contributed by atoms with van der Waals surface area (Å²) in [6.07, 6.45) is 6.61. The van der Waals surface area contributed by atoms with Crippen LogP contribution in [0.1, 0.15) is 35.6 Å². The Morgan fingerprint density at radius 1 is 1.06 bits per heavy atom. The molecule has 0 aromatic carbocycles. The average Bonchev–Trinajstić information content (AvgIpc) is 3.40. The third-order valence-electron chi connectivity index (χ3n) is 6.49. The van der Waals surface area contributed by atoms with Gasteiger partial charge in [0.2, 0.25) is 0 Å². The molecule has 2 aliphatic rings. The van der Waals surface area contributed by atoms with Crippen molar-refractivity contribution in [1.82, 2.24) is 29.7 Å². The molecule has 0 spiro atoms. The Morgan fingerprint density at radius 2 is 1.94 bits per heavy atom. The average molecular weight is 463 g/mol. The number of hydrogen-bond donors (Lipinski definition) is 1. The molecular weight excluding hydrogens is 432 g/mol. The highest BCUT2D eigenvalue weighted by atomic mass is 32.1. The summed E-state index contributed by atoms with van der Waals surface area (Å²) in [6.45, 7) is 7.73. The van der Waals surface area contributed by atoms with Crippen molar-refractivity contribution in [3.05, 3.63) is 78.1 Å². The molecule has 5 heterocycles. The first-order valence-corrected chi connectivity index (χ1v) is 12.0. The number of aryl methyl sites for hydroxylation is 1. The van der Waals surface area contributed by atoms with E-state index in [1.165, 1.54) is 11.4 Å². The van der Waals surface area contributed by atoms with Crippen LogP contribution in [-0.4, -0.2) is 68.8 Å². The fourth-order valence-electron chi connectivity index (χ4n) is 4.89. The van der Waals surface area contributed by atoms with E-state index >= 15 is 0 Å². The van der Waals surface area contributed by atoms with Gasteiger partial charge < -0.3 is 19.5 Å². The highest BCUT2D eigenvalue weighted by Gasteiger charge is 2.41. The van der Waals surface area contributed by atoms with Gasteiger partial charge in [0.15, 0.2) is 5.11 Å². The van der Waals surface area contributed by atoms with Crippen LogP contribution in [0.15, 0.2) is 61.1 Å². The summed E-state index contributed by atoms with van der Waals surface area (Å²) in [7, 11) is 0. The van der Waals surface area contributed by atoms with Crippen LogP contribution < -0.4 is 5.32 Å². The molecule has 2 fully saturated rings. The Balaban J connectivity index is 1.47. The fraction of sp³-hybridized carbons (Fsp3) is 0.400. The fourth-order valence-corrected chi connectivity index (χ4v) is 5.22. The maximum absolute atomic E-state index is 5.86. The van der Waals surface area contributed by atoms with Gasteiger partial charge in [-0.05, 0) is 62.0 Å². The van der Waals surface area contributed by atoms with Crippen molar-refractivity contribution in [1.29, 1.82) is 0 Å². The summed E-state index contributed by atoms with van der Waals surface area (Å²) < 4.78 is 7.78. The molecule has 0 bridgehead atoms. The minimum Gasteiger partial charge on any atom is -0.379 e. The molecule has 2 aliphatic heterocycles. The number of rotatable bonds is 7. The Labute approximate surface area is 200 Å². The van der Waals surface area contributed by atoms with Crippen molar-refractivity contribution in [2.75, 3.05) is 39.4 Å². The summed E-state index contributed by atoms with van der Waals surface area (Å²) in [4.78, 5) is 13.9. The number of thiocarbonyl (C=S) groups is 1. The molecule has 2 atom stereocenters. The molecule has 3 aromatic heterocycles. The van der Waals surface area contributed by atoms with Crippen molar-refractivity contribution < 1.29 is 4.74 Å². The number of nitrogens with one attached hydrogen (secondary N) is 1. The molecule has 0 radical (unpaired) electrons. The lowest BCUT2D eigenvalue weighted by Gasteiger charge is -2.31. The van der Waals surface area contributed by atoms with Crippen molar-refractivity contribution >= 4 is 17.3 Å². The third-order valence-corrected chi connectivity index (χ3v) is 6.84. The second-order valence-electron chi connectivity index (χ2n) is 8.57. The van der Waals surface area contributed by atoms with Crippen LogP contribution in [0.25, 0.3) is 5.69 Å². The Hall–Kier alpha value is -2.81. The Morgan fingerprint density at radius 3 is 2.70 bits per heavy atom. The molecule has 0 aliphatic carbocycles. The maximum atomic E-state index is 5.86. The van der Waals surface area contributed by atoms with Crippen molar-refractivity contribution in [3.63, 3.8) is 0 Å². The van der Waals surface area contributed by atoms with Crippen LogP contribution in [-0.2, 0) is 4.74 Å². The molecule has 0 amide bonds. The first-order chi connectivity index (χ1) is 16.2. The van der Waals surface area contributed by atoms with E-state index in [-0.39, 0.29) is 12.1 Å². The summed E-state index contributed by atoms with van der Waals surface area (Å²) >= 11 is 5.86. The number of nitrogens with zero attached hydrogens (tertiary/aromatic N) is 5. The van der Waals surface area contributed by atoms with Crippen LogP contribution in [0.2, 0.25) is 0 Å². The van der Waals surface area contributed by atoms with E-state index in [0.29, 0.717) is 0 Å². The van der Waals surface area contributed by atoms with Crippen molar-refractivity contribution in [3.8, 4) is 5.69 Å². The van der Waals surface area contributed by atoms with Crippen LogP contribution in [0.5, 0.6) is 0 Å². The molecule has 0 unspecified atom stereocenters. The van der Waals surface area contributed by atoms with Gasteiger partial charge in [-0.3, -0.25) is 14.9 Å². The van der Waals surface area contributed by atoms with Crippen LogP contribution in [0.4, 0.5) is 0 Å². The van der Waals surface area contributed by atoms with Gasteiger partial charge in [-0.1, -0.05) is 6.07 Å². The Kier molecular flexibility index (Phi) is 6.66. The second-order valence-corrected chi connectivity index (χ2v) is 8.96. The maximum Gasteiger partial charge on any atom is 0.170 e. The molecule has 5 rings (SSSR count). The van der Waals surface area contributed by atoms with Gasteiger partial charge >= 0.3 is 0 Å².